The van der Waals surface area contributed by atoms with Crippen LogP contribution in [0.5, 0.6) is 17.2 Å². The number of carbonyl (C=O) groups excluding carboxylic acids is 1. The van der Waals surface area contributed by atoms with Crippen LogP contribution in [0.1, 0.15) is 15.9 Å². The number of ether oxygens (including phenoxy) is 1. The lowest BCUT2D eigenvalue weighted by molar-refractivity contribution is -0.385. The van der Waals surface area contributed by atoms with Crippen molar-refractivity contribution < 1.29 is 24.7 Å². The zero-order valence-electron chi connectivity index (χ0n) is 14.6. The molecule has 0 unspecified atom stereocenters. The van der Waals surface area contributed by atoms with Crippen molar-refractivity contribution in [2.45, 2.75) is 0 Å². The number of nitrogens with zero attached hydrogens (tertiary/aromatic N) is 2. The summed E-state index contributed by atoms with van der Waals surface area (Å²) in [6, 6.07) is 12.3. The van der Waals surface area contributed by atoms with E-state index in [2.05, 4.69) is 10.5 Å². The average molecular weight is 381 g/mol. The van der Waals surface area contributed by atoms with E-state index in [9.17, 15) is 25.1 Å². The maximum atomic E-state index is 12.3. The Hall–Kier alpha value is -4.14. The Bertz CT molecular complexity index is 1110. The van der Waals surface area contributed by atoms with Crippen LogP contribution in [0.4, 0.5) is 5.69 Å². The van der Waals surface area contributed by atoms with E-state index in [4.69, 9.17) is 4.74 Å². The summed E-state index contributed by atoms with van der Waals surface area (Å²) < 4.78 is 4.89. The SMILES string of the molecule is COc1cc([N+](=O)[O-])cc(/C=N\NC(=O)c2cc3ccccc3cc2O)c1O. The first-order valence-corrected chi connectivity index (χ1v) is 8.01. The van der Waals surface area contributed by atoms with Gasteiger partial charge in [-0.1, -0.05) is 24.3 Å². The van der Waals surface area contributed by atoms with Crippen molar-refractivity contribution in [2.75, 3.05) is 7.11 Å². The van der Waals surface area contributed by atoms with E-state index in [0.717, 1.165) is 29.1 Å². The van der Waals surface area contributed by atoms with Crippen molar-refractivity contribution >= 4 is 28.6 Å². The molecule has 142 valence electrons. The van der Waals surface area contributed by atoms with Crippen LogP contribution >= 0.6 is 0 Å². The quantitative estimate of drug-likeness (QED) is 0.353. The molecule has 0 aliphatic rings. The van der Waals surface area contributed by atoms with Gasteiger partial charge in [0, 0.05) is 11.6 Å². The van der Waals surface area contributed by atoms with Gasteiger partial charge in [0.05, 0.1) is 29.9 Å². The molecule has 9 heteroatoms. The number of aromatic hydroxyl groups is 2. The lowest BCUT2D eigenvalue weighted by Gasteiger charge is -2.07. The number of non-ortho nitro benzene ring substituents is 1. The molecular formula is C19H15N3O6. The number of benzene rings is 3. The second-order valence-corrected chi connectivity index (χ2v) is 5.76. The third kappa shape index (κ3) is 3.68. The molecule has 0 radical (unpaired) electrons. The summed E-state index contributed by atoms with van der Waals surface area (Å²) in [7, 11) is 1.25. The number of hydrogen-bond acceptors (Lipinski definition) is 7. The Morgan fingerprint density at radius 1 is 1.18 bits per heavy atom. The fourth-order valence-electron chi connectivity index (χ4n) is 2.60. The minimum Gasteiger partial charge on any atom is -0.507 e. The number of rotatable bonds is 5. The summed E-state index contributed by atoms with van der Waals surface area (Å²) in [5.41, 5.74) is 1.90. The van der Waals surface area contributed by atoms with E-state index in [1.807, 2.05) is 6.07 Å². The number of phenolic OH excluding ortho intramolecular Hbond substituents is 2. The fraction of sp³-hybridized carbons (Fsp3) is 0.0526. The van der Waals surface area contributed by atoms with E-state index >= 15 is 0 Å². The van der Waals surface area contributed by atoms with Gasteiger partial charge in [-0.2, -0.15) is 5.10 Å². The highest BCUT2D eigenvalue weighted by molar-refractivity contribution is 6.01. The molecule has 0 fully saturated rings. The highest BCUT2D eigenvalue weighted by atomic mass is 16.6. The van der Waals surface area contributed by atoms with Crippen molar-refractivity contribution in [3.63, 3.8) is 0 Å². The highest BCUT2D eigenvalue weighted by Crippen LogP contribution is 2.33. The van der Waals surface area contributed by atoms with Gasteiger partial charge in [0.2, 0.25) is 0 Å². The van der Waals surface area contributed by atoms with Crippen LogP contribution in [0.3, 0.4) is 0 Å². The second kappa shape index (κ2) is 7.62. The number of nitrogens with one attached hydrogen (secondary N) is 1. The Morgan fingerprint density at radius 2 is 1.86 bits per heavy atom. The fourth-order valence-corrected chi connectivity index (χ4v) is 2.60. The van der Waals surface area contributed by atoms with E-state index in [-0.39, 0.29) is 34.1 Å². The summed E-state index contributed by atoms with van der Waals surface area (Å²) >= 11 is 0. The van der Waals surface area contributed by atoms with Gasteiger partial charge in [-0.15, -0.1) is 0 Å². The van der Waals surface area contributed by atoms with Crippen LogP contribution in [-0.4, -0.2) is 34.4 Å². The standard InChI is InChI=1S/C19H15N3O6/c1-28-17-9-14(22(26)27)6-13(18(17)24)10-20-21-19(25)15-7-11-4-2-3-5-12(11)8-16(15)23/h2-10,23-24H,1H3,(H,21,25)/b20-10-. The number of methoxy groups -OCH3 is 1. The molecule has 0 heterocycles. The Morgan fingerprint density at radius 3 is 2.50 bits per heavy atom. The zero-order chi connectivity index (χ0) is 20.3. The number of amides is 1. The molecule has 3 rings (SSSR count). The van der Waals surface area contributed by atoms with E-state index in [0.29, 0.717) is 0 Å². The number of fused-ring (bicyclic) bond motifs is 1. The molecule has 0 spiro atoms. The number of phenols is 2. The summed E-state index contributed by atoms with van der Waals surface area (Å²) in [5.74, 6) is -1.36. The van der Waals surface area contributed by atoms with E-state index in [1.54, 1.807) is 18.2 Å². The minimum absolute atomic E-state index is 0.0108. The topological polar surface area (TPSA) is 134 Å². The van der Waals surface area contributed by atoms with Crippen LogP contribution in [0.25, 0.3) is 10.8 Å². The lowest BCUT2D eigenvalue weighted by atomic mass is 10.1. The molecule has 9 nitrogen and oxygen atoms in total. The third-order valence-corrected chi connectivity index (χ3v) is 4.00. The molecule has 3 aromatic carbocycles. The first-order valence-electron chi connectivity index (χ1n) is 8.01. The van der Waals surface area contributed by atoms with Gasteiger partial charge in [0.25, 0.3) is 11.6 Å². The Labute approximate surface area is 158 Å². The monoisotopic (exact) mass is 381 g/mol. The van der Waals surface area contributed by atoms with Gasteiger partial charge in [-0.3, -0.25) is 14.9 Å². The molecule has 28 heavy (non-hydrogen) atoms. The summed E-state index contributed by atoms with van der Waals surface area (Å²) in [6.07, 6.45) is 1.04. The van der Waals surface area contributed by atoms with Gasteiger partial charge in [-0.25, -0.2) is 5.43 Å². The first kappa shape index (κ1) is 18.6. The molecule has 0 atom stereocenters. The Balaban J connectivity index is 1.85. The number of carbonyl (C=O) groups is 1. The van der Waals surface area contributed by atoms with E-state index in [1.165, 1.54) is 19.2 Å². The van der Waals surface area contributed by atoms with Crippen LogP contribution in [0.15, 0.2) is 53.6 Å². The largest absolute Gasteiger partial charge is 0.507 e. The minimum atomic E-state index is -0.684. The van der Waals surface area contributed by atoms with Crippen molar-refractivity contribution in [3.8, 4) is 17.2 Å². The number of hydrogen-bond donors (Lipinski definition) is 3. The molecule has 0 bridgehead atoms. The van der Waals surface area contributed by atoms with Gasteiger partial charge < -0.3 is 14.9 Å². The van der Waals surface area contributed by atoms with Crippen LogP contribution in [-0.2, 0) is 0 Å². The molecule has 0 aliphatic heterocycles. The summed E-state index contributed by atoms with van der Waals surface area (Å²) in [4.78, 5) is 22.6. The third-order valence-electron chi connectivity index (χ3n) is 4.00. The van der Waals surface area contributed by atoms with Gasteiger partial charge in [0.1, 0.15) is 5.75 Å². The molecule has 3 N–H and O–H groups in total. The van der Waals surface area contributed by atoms with Crippen LogP contribution < -0.4 is 10.2 Å². The molecule has 1 amide bonds. The van der Waals surface area contributed by atoms with Crippen molar-refractivity contribution in [2.24, 2.45) is 5.10 Å². The smallest absolute Gasteiger partial charge is 0.275 e. The van der Waals surface area contributed by atoms with Crippen molar-refractivity contribution in [1.82, 2.24) is 5.43 Å². The Kier molecular flexibility index (Phi) is 5.07. The average Bonchev–Trinajstić information content (AvgIpc) is 2.68. The predicted molar refractivity (Wildman–Crippen MR) is 102 cm³/mol. The lowest BCUT2D eigenvalue weighted by Crippen LogP contribution is -2.17. The highest BCUT2D eigenvalue weighted by Gasteiger charge is 2.16. The second-order valence-electron chi connectivity index (χ2n) is 5.76. The van der Waals surface area contributed by atoms with Crippen LogP contribution in [0.2, 0.25) is 0 Å². The molecule has 0 aliphatic carbocycles. The molecule has 0 aromatic heterocycles. The first-order chi connectivity index (χ1) is 13.4. The maximum Gasteiger partial charge on any atom is 0.275 e. The van der Waals surface area contributed by atoms with E-state index < -0.39 is 10.8 Å². The molecular weight excluding hydrogens is 366 g/mol. The number of hydrazone groups is 1. The normalized spacial score (nSPS) is 10.9. The molecule has 3 aromatic rings. The zero-order valence-corrected chi connectivity index (χ0v) is 14.6. The van der Waals surface area contributed by atoms with Crippen LogP contribution in [0, 0.1) is 10.1 Å². The van der Waals surface area contributed by atoms with Crippen molar-refractivity contribution in [1.29, 1.82) is 0 Å². The van der Waals surface area contributed by atoms with Crippen molar-refractivity contribution in [3.05, 3.63) is 69.8 Å². The van der Waals surface area contributed by atoms with Gasteiger partial charge >= 0.3 is 0 Å². The molecule has 0 saturated carbocycles. The summed E-state index contributed by atoms with van der Waals surface area (Å²) in [5, 5.41) is 36.3. The molecule has 0 saturated heterocycles. The predicted octanol–water partition coefficient (Wildman–Crippen LogP) is 2.93. The summed E-state index contributed by atoms with van der Waals surface area (Å²) in [6.45, 7) is 0. The van der Waals surface area contributed by atoms with Gasteiger partial charge in [-0.05, 0) is 22.9 Å². The maximum absolute atomic E-state index is 12.3. The number of nitro groups is 1. The van der Waals surface area contributed by atoms with Gasteiger partial charge in [0.15, 0.2) is 11.5 Å². The number of nitro benzene ring substituents is 1.